The van der Waals surface area contributed by atoms with Gasteiger partial charge in [-0.15, -0.1) is 0 Å². The highest BCUT2D eigenvalue weighted by Gasteiger charge is 2.18. The summed E-state index contributed by atoms with van der Waals surface area (Å²) in [6.07, 6.45) is 3.03. The summed E-state index contributed by atoms with van der Waals surface area (Å²) in [7, 11) is 0. The molecule has 0 amide bonds. The lowest BCUT2D eigenvalue weighted by Crippen LogP contribution is -2.11. The van der Waals surface area contributed by atoms with Crippen LogP contribution in [-0.4, -0.2) is 17.6 Å². The van der Waals surface area contributed by atoms with Crippen LogP contribution in [0.15, 0.2) is 41.1 Å². The number of ether oxygens (including phenoxy) is 1. The number of rotatable bonds is 5. The maximum absolute atomic E-state index is 12.2. The monoisotopic (exact) mass is 364 g/mol. The Bertz CT molecular complexity index is 879. The molecule has 7 heteroatoms. The van der Waals surface area contributed by atoms with E-state index in [0.29, 0.717) is 38.7 Å². The van der Waals surface area contributed by atoms with Crippen LogP contribution in [0, 0.1) is 0 Å². The van der Waals surface area contributed by atoms with Crippen molar-refractivity contribution in [3.05, 3.63) is 58.1 Å². The molecule has 124 valence electrons. The van der Waals surface area contributed by atoms with E-state index >= 15 is 0 Å². The van der Waals surface area contributed by atoms with E-state index in [1.165, 1.54) is 6.20 Å². The van der Waals surface area contributed by atoms with Crippen molar-refractivity contribution in [3.63, 3.8) is 0 Å². The van der Waals surface area contributed by atoms with Crippen LogP contribution < -0.4 is 5.32 Å². The van der Waals surface area contributed by atoms with Crippen molar-refractivity contribution in [2.75, 3.05) is 11.9 Å². The summed E-state index contributed by atoms with van der Waals surface area (Å²) in [5.41, 5.74) is 1.42. The lowest BCUT2D eigenvalue weighted by molar-refractivity contribution is 0.0527. The minimum absolute atomic E-state index is 0.274. The third-order valence-corrected chi connectivity index (χ3v) is 4.24. The van der Waals surface area contributed by atoms with E-state index in [4.69, 9.17) is 32.4 Å². The van der Waals surface area contributed by atoms with E-state index in [2.05, 4.69) is 10.3 Å². The predicted molar refractivity (Wildman–Crippen MR) is 93.8 cm³/mol. The molecule has 0 unspecified atom stereocenters. The fourth-order valence-corrected chi connectivity index (χ4v) is 2.72. The van der Waals surface area contributed by atoms with Gasteiger partial charge in [0.25, 0.3) is 0 Å². The largest absolute Gasteiger partial charge is 0.467 e. The fourth-order valence-electron chi connectivity index (χ4n) is 2.35. The molecule has 0 aliphatic heterocycles. The van der Waals surface area contributed by atoms with Crippen molar-refractivity contribution < 1.29 is 13.9 Å². The average Bonchev–Trinajstić information content (AvgIpc) is 3.09. The highest BCUT2D eigenvalue weighted by atomic mass is 35.5. The second kappa shape index (κ2) is 7.11. The number of aromatic nitrogens is 1. The van der Waals surface area contributed by atoms with Gasteiger partial charge in [-0.25, -0.2) is 4.79 Å². The van der Waals surface area contributed by atoms with Crippen LogP contribution in [0.2, 0.25) is 10.0 Å². The Hall–Kier alpha value is -2.24. The molecule has 3 aromatic rings. The van der Waals surface area contributed by atoms with Crippen molar-refractivity contribution in [2.24, 2.45) is 0 Å². The van der Waals surface area contributed by atoms with Crippen molar-refractivity contribution in [1.82, 2.24) is 4.98 Å². The van der Waals surface area contributed by atoms with E-state index in [-0.39, 0.29) is 6.61 Å². The molecule has 0 aliphatic rings. The number of fused-ring (bicyclic) bond motifs is 1. The Morgan fingerprint density at radius 1 is 1.33 bits per heavy atom. The minimum Gasteiger partial charge on any atom is -0.467 e. The number of benzene rings is 1. The Morgan fingerprint density at radius 3 is 2.88 bits per heavy atom. The van der Waals surface area contributed by atoms with Gasteiger partial charge in [0.15, 0.2) is 0 Å². The number of furan rings is 1. The molecule has 0 bridgehead atoms. The second-order valence-corrected chi connectivity index (χ2v) is 5.74. The molecule has 0 spiro atoms. The van der Waals surface area contributed by atoms with E-state index < -0.39 is 5.97 Å². The summed E-state index contributed by atoms with van der Waals surface area (Å²) in [5.74, 6) is 0.273. The van der Waals surface area contributed by atoms with Crippen molar-refractivity contribution in [3.8, 4) is 0 Å². The molecular formula is C17H14Cl2N2O3. The first-order chi connectivity index (χ1) is 11.6. The SMILES string of the molecule is CCOC(=O)c1cnc2c(Cl)c(Cl)ccc2c1NCc1ccco1. The lowest BCUT2D eigenvalue weighted by atomic mass is 10.1. The second-order valence-electron chi connectivity index (χ2n) is 4.96. The Labute approximate surface area is 148 Å². The number of esters is 1. The van der Waals surface area contributed by atoms with Crippen LogP contribution >= 0.6 is 23.2 Å². The average molecular weight is 365 g/mol. The van der Waals surface area contributed by atoms with Gasteiger partial charge in [-0.3, -0.25) is 4.98 Å². The van der Waals surface area contributed by atoms with Gasteiger partial charge in [-0.1, -0.05) is 23.2 Å². The van der Waals surface area contributed by atoms with Gasteiger partial charge in [0.2, 0.25) is 0 Å². The van der Waals surface area contributed by atoms with E-state index in [9.17, 15) is 4.79 Å². The summed E-state index contributed by atoms with van der Waals surface area (Å²) >= 11 is 12.3. The van der Waals surface area contributed by atoms with Gasteiger partial charge in [-0.2, -0.15) is 0 Å². The lowest BCUT2D eigenvalue weighted by Gasteiger charge is -2.14. The summed E-state index contributed by atoms with van der Waals surface area (Å²) in [4.78, 5) is 16.5. The topological polar surface area (TPSA) is 64.4 Å². The van der Waals surface area contributed by atoms with Crippen molar-refractivity contribution >= 4 is 45.8 Å². The molecule has 2 heterocycles. The van der Waals surface area contributed by atoms with Crippen LogP contribution in [0.25, 0.3) is 10.9 Å². The van der Waals surface area contributed by atoms with Crippen molar-refractivity contribution in [1.29, 1.82) is 0 Å². The smallest absolute Gasteiger partial charge is 0.341 e. The maximum atomic E-state index is 12.2. The Morgan fingerprint density at radius 2 is 2.17 bits per heavy atom. The summed E-state index contributed by atoms with van der Waals surface area (Å²) in [6, 6.07) is 7.07. The van der Waals surface area contributed by atoms with E-state index in [0.717, 1.165) is 5.76 Å². The molecule has 1 aromatic carbocycles. The summed E-state index contributed by atoms with van der Waals surface area (Å²) in [5, 5.41) is 4.63. The van der Waals surface area contributed by atoms with Gasteiger partial charge in [-0.05, 0) is 31.2 Å². The normalized spacial score (nSPS) is 10.8. The van der Waals surface area contributed by atoms with Crippen LogP contribution in [0.4, 0.5) is 5.69 Å². The van der Waals surface area contributed by atoms with Crippen LogP contribution in [0.3, 0.4) is 0 Å². The first-order valence-electron chi connectivity index (χ1n) is 7.32. The number of nitrogens with zero attached hydrogens (tertiary/aromatic N) is 1. The molecule has 5 nitrogen and oxygen atoms in total. The highest BCUT2D eigenvalue weighted by molar-refractivity contribution is 6.45. The van der Waals surface area contributed by atoms with Gasteiger partial charge in [0, 0.05) is 11.6 Å². The molecule has 24 heavy (non-hydrogen) atoms. The van der Waals surface area contributed by atoms with Gasteiger partial charge < -0.3 is 14.5 Å². The van der Waals surface area contributed by atoms with E-state index in [1.807, 2.05) is 6.07 Å². The zero-order chi connectivity index (χ0) is 17.1. The third kappa shape index (κ3) is 3.18. The zero-order valence-electron chi connectivity index (χ0n) is 12.8. The fraction of sp³-hybridized carbons (Fsp3) is 0.176. The quantitative estimate of drug-likeness (QED) is 0.650. The number of pyridine rings is 1. The number of hydrogen-bond donors (Lipinski definition) is 1. The molecule has 0 fully saturated rings. The number of anilines is 1. The highest BCUT2D eigenvalue weighted by Crippen LogP contribution is 2.35. The number of carbonyl (C=O) groups excluding carboxylic acids is 1. The van der Waals surface area contributed by atoms with Gasteiger partial charge >= 0.3 is 5.97 Å². The molecular weight excluding hydrogens is 351 g/mol. The number of nitrogens with one attached hydrogen (secondary N) is 1. The Balaban J connectivity index is 2.10. The third-order valence-electron chi connectivity index (χ3n) is 3.45. The molecule has 1 N–H and O–H groups in total. The van der Waals surface area contributed by atoms with Gasteiger partial charge in [0.1, 0.15) is 11.3 Å². The summed E-state index contributed by atoms with van der Waals surface area (Å²) < 4.78 is 10.4. The predicted octanol–water partition coefficient (Wildman–Crippen LogP) is 4.92. The van der Waals surface area contributed by atoms with Crippen LogP contribution in [0.5, 0.6) is 0 Å². The van der Waals surface area contributed by atoms with Gasteiger partial charge in [0.05, 0.1) is 40.7 Å². The molecule has 0 radical (unpaired) electrons. The molecule has 3 rings (SSSR count). The molecule has 0 saturated heterocycles. The zero-order valence-corrected chi connectivity index (χ0v) is 14.3. The van der Waals surface area contributed by atoms with E-state index in [1.54, 1.807) is 31.4 Å². The molecule has 2 aromatic heterocycles. The first-order valence-corrected chi connectivity index (χ1v) is 8.07. The Kier molecular flexibility index (Phi) is 4.92. The molecule has 0 atom stereocenters. The first kappa shape index (κ1) is 16.6. The van der Waals surface area contributed by atoms with Crippen molar-refractivity contribution in [2.45, 2.75) is 13.5 Å². The molecule has 0 aliphatic carbocycles. The van der Waals surface area contributed by atoms with Crippen LogP contribution in [0.1, 0.15) is 23.0 Å². The maximum Gasteiger partial charge on any atom is 0.341 e. The minimum atomic E-state index is -0.458. The molecule has 0 saturated carbocycles. The standard InChI is InChI=1S/C17H14Cl2N2O3/c1-2-23-17(22)12-9-21-16-11(5-6-13(18)14(16)19)15(12)20-8-10-4-3-7-24-10/h3-7,9H,2,8H2,1H3,(H,20,21). The number of carbonyl (C=O) groups is 1. The summed E-state index contributed by atoms with van der Waals surface area (Å²) in [6.45, 7) is 2.42. The number of hydrogen-bond acceptors (Lipinski definition) is 5. The number of halogens is 2. The van der Waals surface area contributed by atoms with Crippen LogP contribution in [-0.2, 0) is 11.3 Å².